The van der Waals surface area contributed by atoms with E-state index in [9.17, 15) is 12.8 Å². The molecule has 0 aromatic heterocycles. The van der Waals surface area contributed by atoms with Crippen molar-refractivity contribution in [1.29, 1.82) is 0 Å². The Labute approximate surface area is 123 Å². The highest BCUT2D eigenvalue weighted by Crippen LogP contribution is 2.22. The number of nitrogen functional groups attached to an aromatic ring is 1. The second-order valence-corrected chi connectivity index (χ2v) is 6.61. The van der Waals surface area contributed by atoms with Gasteiger partial charge in [-0.1, -0.05) is 18.2 Å². The molecule has 0 radical (unpaired) electrons. The first-order valence-corrected chi connectivity index (χ1v) is 7.89. The fourth-order valence-electron chi connectivity index (χ4n) is 2.03. The first kappa shape index (κ1) is 15.5. The third-order valence-corrected chi connectivity index (χ3v) is 4.87. The second-order valence-electron chi connectivity index (χ2n) is 4.88. The van der Waals surface area contributed by atoms with Crippen molar-refractivity contribution in [2.45, 2.75) is 25.3 Å². The van der Waals surface area contributed by atoms with E-state index >= 15 is 0 Å². The maximum Gasteiger partial charge on any atom is 0.241 e. The summed E-state index contributed by atoms with van der Waals surface area (Å²) >= 11 is 0. The van der Waals surface area contributed by atoms with Crippen LogP contribution in [0.15, 0.2) is 41.3 Å². The van der Waals surface area contributed by atoms with Crippen molar-refractivity contribution in [3.8, 4) is 0 Å². The number of hydrogen-bond acceptors (Lipinski definition) is 3. The van der Waals surface area contributed by atoms with Gasteiger partial charge in [-0.15, -0.1) is 0 Å². The predicted octanol–water partition coefficient (Wildman–Crippen LogP) is 2.50. The molecule has 0 aliphatic heterocycles. The topological polar surface area (TPSA) is 72.2 Å². The second kappa shape index (κ2) is 5.83. The average Bonchev–Trinajstić information content (AvgIpc) is 2.42. The number of rotatable bonds is 4. The molecule has 0 saturated carbocycles. The van der Waals surface area contributed by atoms with Crippen molar-refractivity contribution in [2.24, 2.45) is 0 Å². The average molecular weight is 308 g/mol. The molecule has 2 aromatic carbocycles. The lowest BCUT2D eigenvalue weighted by Gasteiger charge is -2.12. The molecule has 0 fully saturated rings. The van der Waals surface area contributed by atoms with E-state index in [1.54, 1.807) is 32.0 Å². The van der Waals surface area contributed by atoms with Gasteiger partial charge in [-0.3, -0.25) is 0 Å². The Morgan fingerprint density at radius 2 is 1.86 bits per heavy atom. The van der Waals surface area contributed by atoms with Crippen LogP contribution in [0.3, 0.4) is 0 Å². The molecule has 2 rings (SSSR count). The molecular weight excluding hydrogens is 291 g/mol. The minimum absolute atomic E-state index is 0.109. The Morgan fingerprint density at radius 1 is 1.19 bits per heavy atom. The first-order chi connectivity index (χ1) is 9.81. The zero-order chi connectivity index (χ0) is 15.6. The molecule has 0 unspecified atom stereocenters. The van der Waals surface area contributed by atoms with Gasteiger partial charge in [0, 0.05) is 17.8 Å². The summed E-state index contributed by atoms with van der Waals surface area (Å²) in [6, 6.07) is 9.16. The molecular formula is C15H17FN2O2S. The minimum Gasteiger partial charge on any atom is -0.399 e. The van der Waals surface area contributed by atoms with Crippen molar-refractivity contribution in [2.75, 3.05) is 5.73 Å². The van der Waals surface area contributed by atoms with Crippen LogP contribution in [0.4, 0.5) is 10.1 Å². The SMILES string of the molecule is Cc1cc(N)cc(S(=O)(=O)NCc2ccccc2F)c1C. The molecule has 6 heteroatoms. The molecule has 0 amide bonds. The van der Waals surface area contributed by atoms with Crippen LogP contribution in [-0.4, -0.2) is 8.42 Å². The molecule has 3 N–H and O–H groups in total. The van der Waals surface area contributed by atoms with Crippen LogP contribution in [0.25, 0.3) is 0 Å². The van der Waals surface area contributed by atoms with E-state index in [-0.39, 0.29) is 11.4 Å². The Balaban J connectivity index is 2.30. The van der Waals surface area contributed by atoms with E-state index in [1.165, 1.54) is 18.2 Å². The monoisotopic (exact) mass is 308 g/mol. The highest BCUT2D eigenvalue weighted by molar-refractivity contribution is 7.89. The minimum atomic E-state index is -3.75. The summed E-state index contributed by atoms with van der Waals surface area (Å²) in [4.78, 5) is 0.122. The van der Waals surface area contributed by atoms with Crippen molar-refractivity contribution in [3.05, 3.63) is 58.9 Å². The summed E-state index contributed by atoms with van der Waals surface area (Å²) in [5, 5.41) is 0. The number of nitrogens with two attached hydrogens (primary N) is 1. The quantitative estimate of drug-likeness (QED) is 0.852. The molecule has 4 nitrogen and oxygen atoms in total. The molecule has 21 heavy (non-hydrogen) atoms. The Bertz CT molecular complexity index is 773. The zero-order valence-corrected chi connectivity index (χ0v) is 12.7. The summed E-state index contributed by atoms with van der Waals surface area (Å²) in [7, 11) is -3.75. The molecule has 0 saturated heterocycles. The summed E-state index contributed by atoms with van der Waals surface area (Å²) in [5.74, 6) is -0.444. The van der Waals surface area contributed by atoms with Crippen molar-refractivity contribution in [1.82, 2.24) is 4.72 Å². The van der Waals surface area contributed by atoms with E-state index in [0.29, 0.717) is 16.8 Å². The van der Waals surface area contributed by atoms with Gasteiger partial charge in [-0.05, 0) is 43.2 Å². The van der Waals surface area contributed by atoms with Crippen molar-refractivity contribution < 1.29 is 12.8 Å². The third kappa shape index (κ3) is 3.40. The fraction of sp³-hybridized carbons (Fsp3) is 0.200. The Hall–Kier alpha value is -1.92. The Kier molecular flexibility index (Phi) is 4.29. The Morgan fingerprint density at radius 3 is 2.52 bits per heavy atom. The molecule has 0 heterocycles. The number of benzene rings is 2. The van der Waals surface area contributed by atoms with Crippen LogP contribution in [0.1, 0.15) is 16.7 Å². The first-order valence-electron chi connectivity index (χ1n) is 6.41. The standard InChI is InChI=1S/C15H17FN2O2S/c1-10-7-13(17)8-15(11(10)2)21(19,20)18-9-12-5-3-4-6-14(12)16/h3-8,18H,9,17H2,1-2H3. The number of nitrogens with one attached hydrogen (secondary N) is 1. The van der Waals surface area contributed by atoms with Gasteiger partial charge in [-0.2, -0.15) is 0 Å². The van der Waals surface area contributed by atoms with E-state index < -0.39 is 15.8 Å². The highest BCUT2D eigenvalue weighted by Gasteiger charge is 2.18. The number of anilines is 1. The zero-order valence-electron chi connectivity index (χ0n) is 11.9. The van der Waals surface area contributed by atoms with Gasteiger partial charge in [-0.25, -0.2) is 17.5 Å². The summed E-state index contributed by atoms with van der Waals surface area (Å²) in [5.41, 5.74) is 7.80. The van der Waals surface area contributed by atoms with Gasteiger partial charge in [0.2, 0.25) is 10.0 Å². The van der Waals surface area contributed by atoms with E-state index in [2.05, 4.69) is 4.72 Å². The van der Waals surface area contributed by atoms with Crippen molar-refractivity contribution >= 4 is 15.7 Å². The van der Waals surface area contributed by atoms with E-state index in [0.717, 1.165) is 5.56 Å². The maximum atomic E-state index is 13.5. The van der Waals surface area contributed by atoms with Crippen LogP contribution in [0.2, 0.25) is 0 Å². The normalized spacial score (nSPS) is 11.6. The number of aryl methyl sites for hydroxylation is 1. The molecule has 112 valence electrons. The molecule has 0 aliphatic carbocycles. The molecule has 2 aromatic rings. The lowest BCUT2D eigenvalue weighted by molar-refractivity contribution is 0.574. The third-order valence-electron chi connectivity index (χ3n) is 3.34. The van der Waals surface area contributed by atoms with Crippen molar-refractivity contribution in [3.63, 3.8) is 0 Å². The van der Waals surface area contributed by atoms with Crippen LogP contribution in [0.5, 0.6) is 0 Å². The lowest BCUT2D eigenvalue weighted by Crippen LogP contribution is -2.24. The predicted molar refractivity (Wildman–Crippen MR) is 80.8 cm³/mol. The number of sulfonamides is 1. The van der Waals surface area contributed by atoms with Gasteiger partial charge >= 0.3 is 0 Å². The molecule has 0 aliphatic rings. The number of hydrogen-bond donors (Lipinski definition) is 2. The van der Waals surface area contributed by atoms with E-state index in [1.807, 2.05) is 0 Å². The molecule has 0 spiro atoms. The van der Waals surface area contributed by atoms with Crippen LogP contribution >= 0.6 is 0 Å². The summed E-state index contributed by atoms with van der Waals surface area (Å²) < 4.78 is 40.6. The van der Waals surface area contributed by atoms with Gasteiger partial charge in [0.05, 0.1) is 4.90 Å². The summed E-state index contributed by atoms with van der Waals surface area (Å²) in [6.45, 7) is 3.40. The smallest absolute Gasteiger partial charge is 0.241 e. The lowest BCUT2D eigenvalue weighted by atomic mass is 10.1. The van der Waals surface area contributed by atoms with Gasteiger partial charge in [0.25, 0.3) is 0 Å². The molecule has 0 atom stereocenters. The van der Waals surface area contributed by atoms with Gasteiger partial charge in [0.15, 0.2) is 0 Å². The van der Waals surface area contributed by atoms with Gasteiger partial charge < -0.3 is 5.73 Å². The number of halogens is 1. The maximum absolute atomic E-state index is 13.5. The van der Waals surface area contributed by atoms with Crippen LogP contribution in [-0.2, 0) is 16.6 Å². The fourth-order valence-corrected chi connectivity index (χ4v) is 3.38. The van der Waals surface area contributed by atoms with Crippen LogP contribution in [0, 0.1) is 19.7 Å². The van der Waals surface area contributed by atoms with Gasteiger partial charge in [0.1, 0.15) is 5.82 Å². The molecule has 0 bridgehead atoms. The van der Waals surface area contributed by atoms with E-state index in [4.69, 9.17) is 5.73 Å². The summed E-state index contributed by atoms with van der Waals surface area (Å²) in [6.07, 6.45) is 0. The largest absolute Gasteiger partial charge is 0.399 e. The van der Waals surface area contributed by atoms with Crippen LogP contribution < -0.4 is 10.5 Å². The highest BCUT2D eigenvalue weighted by atomic mass is 32.2.